The maximum atomic E-state index is 12.0. The number of hydrogen-bond donors (Lipinski definition) is 0. The molecule has 0 heterocycles. The van der Waals surface area contributed by atoms with Crippen LogP contribution in [0.2, 0.25) is 0 Å². The van der Waals surface area contributed by atoms with Crippen LogP contribution in [-0.2, 0) is 4.74 Å². The number of ether oxygens (including phenoxy) is 1. The van der Waals surface area contributed by atoms with Crippen molar-refractivity contribution in [3.05, 3.63) is 66.7 Å². The van der Waals surface area contributed by atoms with Crippen LogP contribution in [0.4, 0.5) is 17.1 Å². The molecule has 0 saturated heterocycles. The van der Waals surface area contributed by atoms with Crippen LogP contribution in [-0.4, -0.2) is 26.7 Å². The van der Waals surface area contributed by atoms with Crippen LogP contribution in [0, 0.1) is 0 Å². The van der Waals surface area contributed by atoms with Gasteiger partial charge in [-0.1, -0.05) is 24.8 Å². The summed E-state index contributed by atoms with van der Waals surface area (Å²) < 4.78 is 5.05. The van der Waals surface area contributed by atoms with Crippen molar-refractivity contribution in [1.82, 2.24) is 0 Å². The summed E-state index contributed by atoms with van der Waals surface area (Å²) in [7, 11) is 3.95. The van der Waals surface area contributed by atoms with Gasteiger partial charge >= 0.3 is 5.97 Å². The van der Waals surface area contributed by atoms with Crippen molar-refractivity contribution >= 4 is 23.0 Å². The first-order chi connectivity index (χ1) is 11.1. The molecule has 0 aliphatic carbocycles. The second-order valence-corrected chi connectivity index (χ2v) is 5.02. The van der Waals surface area contributed by atoms with Crippen LogP contribution in [0.25, 0.3) is 0 Å². The van der Waals surface area contributed by atoms with E-state index < -0.39 is 5.97 Å². The number of carbonyl (C=O) groups excluding carboxylic acids is 1. The molecule has 5 heteroatoms. The van der Waals surface area contributed by atoms with E-state index in [2.05, 4.69) is 16.8 Å². The lowest BCUT2D eigenvalue weighted by Gasteiger charge is -2.11. The van der Waals surface area contributed by atoms with Crippen LogP contribution < -0.4 is 4.90 Å². The SMILES string of the molecule is C=CCOC(=O)c1ccccc1N=Nc1ccc(N(C)C)cc1. The van der Waals surface area contributed by atoms with E-state index in [0.717, 1.165) is 5.69 Å². The molecule has 0 atom stereocenters. The zero-order valence-corrected chi connectivity index (χ0v) is 13.3. The van der Waals surface area contributed by atoms with Crippen molar-refractivity contribution in [3.63, 3.8) is 0 Å². The third-order valence-electron chi connectivity index (χ3n) is 3.10. The van der Waals surface area contributed by atoms with Crippen LogP contribution in [0.15, 0.2) is 71.4 Å². The van der Waals surface area contributed by atoms with Gasteiger partial charge in [-0.15, -0.1) is 5.11 Å². The predicted molar refractivity (Wildman–Crippen MR) is 91.9 cm³/mol. The summed E-state index contributed by atoms with van der Waals surface area (Å²) in [6, 6.07) is 14.6. The van der Waals surface area contributed by atoms with Crippen LogP contribution >= 0.6 is 0 Å². The van der Waals surface area contributed by atoms with Crippen molar-refractivity contribution in [3.8, 4) is 0 Å². The summed E-state index contributed by atoms with van der Waals surface area (Å²) in [6.07, 6.45) is 1.52. The molecule has 0 spiro atoms. The summed E-state index contributed by atoms with van der Waals surface area (Å²) in [5.41, 5.74) is 2.64. The summed E-state index contributed by atoms with van der Waals surface area (Å²) in [5, 5.41) is 8.34. The smallest absolute Gasteiger partial charge is 0.340 e. The van der Waals surface area contributed by atoms with Gasteiger partial charge in [-0.3, -0.25) is 0 Å². The first kappa shape index (κ1) is 16.4. The highest BCUT2D eigenvalue weighted by Crippen LogP contribution is 2.24. The van der Waals surface area contributed by atoms with Crippen molar-refractivity contribution in [2.75, 3.05) is 25.6 Å². The number of hydrogen-bond acceptors (Lipinski definition) is 5. The molecule has 0 bridgehead atoms. The lowest BCUT2D eigenvalue weighted by atomic mass is 10.2. The molecule has 0 amide bonds. The van der Waals surface area contributed by atoms with Crippen molar-refractivity contribution in [1.29, 1.82) is 0 Å². The Bertz CT molecular complexity index is 706. The minimum Gasteiger partial charge on any atom is -0.458 e. The lowest BCUT2D eigenvalue weighted by Crippen LogP contribution is -2.07. The molecule has 0 aliphatic rings. The van der Waals surface area contributed by atoms with Crippen molar-refractivity contribution in [2.24, 2.45) is 10.2 Å². The lowest BCUT2D eigenvalue weighted by molar-refractivity contribution is 0.0550. The zero-order valence-electron chi connectivity index (χ0n) is 13.3. The third kappa shape index (κ3) is 4.51. The van der Waals surface area contributed by atoms with E-state index >= 15 is 0 Å². The number of anilines is 1. The third-order valence-corrected chi connectivity index (χ3v) is 3.10. The second kappa shape index (κ2) is 7.89. The topological polar surface area (TPSA) is 54.3 Å². The van der Waals surface area contributed by atoms with Crippen molar-refractivity contribution in [2.45, 2.75) is 0 Å². The van der Waals surface area contributed by atoms with E-state index in [4.69, 9.17) is 4.74 Å². The number of azo groups is 1. The molecule has 0 saturated carbocycles. The molecule has 23 heavy (non-hydrogen) atoms. The zero-order chi connectivity index (χ0) is 16.7. The van der Waals surface area contributed by atoms with E-state index in [1.165, 1.54) is 6.08 Å². The van der Waals surface area contributed by atoms with E-state index in [1.807, 2.05) is 43.3 Å². The fourth-order valence-corrected chi connectivity index (χ4v) is 1.87. The summed E-state index contributed by atoms with van der Waals surface area (Å²) in [5.74, 6) is -0.442. The number of nitrogens with zero attached hydrogens (tertiary/aromatic N) is 3. The Hall–Kier alpha value is -2.95. The number of benzene rings is 2. The predicted octanol–water partition coefficient (Wildman–Crippen LogP) is 4.51. The Morgan fingerprint density at radius 3 is 2.48 bits per heavy atom. The Morgan fingerprint density at radius 2 is 1.83 bits per heavy atom. The highest BCUT2D eigenvalue weighted by molar-refractivity contribution is 5.94. The summed E-state index contributed by atoms with van der Waals surface area (Å²) in [4.78, 5) is 14.0. The number of esters is 1. The Balaban J connectivity index is 2.19. The molecule has 0 aromatic heterocycles. The molecule has 0 radical (unpaired) electrons. The minimum absolute atomic E-state index is 0.163. The first-order valence-corrected chi connectivity index (χ1v) is 7.18. The van der Waals surface area contributed by atoms with Gasteiger partial charge in [0, 0.05) is 19.8 Å². The maximum Gasteiger partial charge on any atom is 0.340 e. The highest BCUT2D eigenvalue weighted by atomic mass is 16.5. The van der Waals surface area contributed by atoms with E-state index in [1.54, 1.807) is 24.3 Å². The number of carbonyl (C=O) groups is 1. The van der Waals surface area contributed by atoms with Crippen LogP contribution in [0.5, 0.6) is 0 Å². The molecule has 0 N–H and O–H groups in total. The number of rotatable bonds is 6. The molecule has 0 aliphatic heterocycles. The second-order valence-electron chi connectivity index (χ2n) is 5.02. The van der Waals surface area contributed by atoms with Gasteiger partial charge < -0.3 is 9.64 Å². The van der Waals surface area contributed by atoms with Gasteiger partial charge in [-0.05, 0) is 36.4 Å². The monoisotopic (exact) mass is 309 g/mol. The molecular formula is C18H19N3O2. The van der Waals surface area contributed by atoms with Crippen molar-refractivity contribution < 1.29 is 9.53 Å². The minimum atomic E-state index is -0.442. The molecule has 2 aromatic carbocycles. The Labute approximate surface area is 135 Å². The summed E-state index contributed by atoms with van der Waals surface area (Å²) >= 11 is 0. The van der Waals surface area contributed by atoms with Gasteiger partial charge in [0.2, 0.25) is 0 Å². The molecular weight excluding hydrogens is 290 g/mol. The molecule has 0 fully saturated rings. The van der Waals surface area contributed by atoms with Crippen LogP contribution in [0.1, 0.15) is 10.4 Å². The van der Waals surface area contributed by atoms with E-state index in [-0.39, 0.29) is 6.61 Å². The van der Waals surface area contributed by atoms with E-state index in [0.29, 0.717) is 16.9 Å². The Kier molecular flexibility index (Phi) is 5.63. The van der Waals surface area contributed by atoms with Gasteiger partial charge in [0.15, 0.2) is 0 Å². The maximum absolute atomic E-state index is 12.0. The van der Waals surface area contributed by atoms with Gasteiger partial charge in [0.05, 0.1) is 11.3 Å². The van der Waals surface area contributed by atoms with Gasteiger partial charge in [-0.25, -0.2) is 4.79 Å². The molecule has 0 unspecified atom stereocenters. The largest absolute Gasteiger partial charge is 0.458 e. The van der Waals surface area contributed by atoms with Gasteiger partial charge in [0.25, 0.3) is 0 Å². The molecule has 5 nitrogen and oxygen atoms in total. The highest BCUT2D eigenvalue weighted by Gasteiger charge is 2.11. The molecule has 2 rings (SSSR count). The van der Waals surface area contributed by atoms with E-state index in [9.17, 15) is 4.79 Å². The summed E-state index contributed by atoms with van der Waals surface area (Å²) in [6.45, 7) is 3.68. The fourth-order valence-electron chi connectivity index (χ4n) is 1.87. The fraction of sp³-hybridized carbons (Fsp3) is 0.167. The van der Waals surface area contributed by atoms with Crippen LogP contribution in [0.3, 0.4) is 0 Å². The average Bonchev–Trinajstić information content (AvgIpc) is 2.58. The normalized spacial score (nSPS) is 10.5. The molecule has 2 aromatic rings. The average molecular weight is 309 g/mol. The van der Waals surface area contributed by atoms with Gasteiger partial charge in [-0.2, -0.15) is 5.11 Å². The Morgan fingerprint density at radius 1 is 1.13 bits per heavy atom. The first-order valence-electron chi connectivity index (χ1n) is 7.18. The standard InChI is InChI=1S/C18H19N3O2/c1-4-13-23-18(22)16-7-5-6-8-17(16)20-19-14-9-11-15(12-10-14)21(2)3/h4-12H,1,13H2,2-3H3. The van der Waals surface area contributed by atoms with Gasteiger partial charge in [0.1, 0.15) is 12.3 Å². The quantitative estimate of drug-likeness (QED) is 0.448. The molecule has 118 valence electrons.